The molecule has 1 aromatic carbocycles. The van der Waals surface area contributed by atoms with E-state index in [1.165, 1.54) is 12.8 Å². The van der Waals surface area contributed by atoms with E-state index in [0.717, 1.165) is 0 Å². The van der Waals surface area contributed by atoms with E-state index in [2.05, 4.69) is 12.2 Å². The van der Waals surface area contributed by atoms with Crippen molar-refractivity contribution in [2.75, 3.05) is 11.1 Å². The first-order chi connectivity index (χ1) is 7.99. The number of carbonyl (C=O) groups is 1. The normalized spacial score (nSPS) is 16.6. The number of nitrogen functional groups attached to an aromatic ring is 1. The Labute approximate surface area is 105 Å². The molecule has 0 radical (unpaired) electrons. The van der Waals surface area contributed by atoms with Crippen molar-refractivity contribution in [1.82, 2.24) is 0 Å². The third-order valence-electron chi connectivity index (χ3n) is 3.08. The number of hydrogen-bond donors (Lipinski definition) is 3. The summed E-state index contributed by atoms with van der Waals surface area (Å²) >= 11 is 6.10. The van der Waals surface area contributed by atoms with Gasteiger partial charge in [0, 0.05) is 11.7 Å². The van der Waals surface area contributed by atoms with E-state index in [1.807, 2.05) is 0 Å². The van der Waals surface area contributed by atoms with Gasteiger partial charge in [0.2, 0.25) is 0 Å². The zero-order valence-corrected chi connectivity index (χ0v) is 10.4. The lowest BCUT2D eigenvalue weighted by atomic mass is 10.1. The maximum Gasteiger partial charge on any atom is 0.250 e. The summed E-state index contributed by atoms with van der Waals surface area (Å²) in [4.78, 5) is 11.4. The molecule has 1 amide bonds. The fraction of sp³-hybridized carbons (Fsp3) is 0.417. The zero-order valence-electron chi connectivity index (χ0n) is 9.66. The van der Waals surface area contributed by atoms with Crippen LogP contribution in [0.5, 0.6) is 0 Å². The minimum Gasteiger partial charge on any atom is -0.399 e. The van der Waals surface area contributed by atoms with Crippen molar-refractivity contribution in [3.63, 3.8) is 0 Å². The van der Waals surface area contributed by atoms with Crippen LogP contribution in [0.4, 0.5) is 11.4 Å². The molecule has 1 atom stereocenters. The summed E-state index contributed by atoms with van der Waals surface area (Å²) in [6, 6.07) is 3.46. The fourth-order valence-corrected chi connectivity index (χ4v) is 2.19. The number of nitrogens with one attached hydrogen (secondary N) is 1. The van der Waals surface area contributed by atoms with E-state index in [0.29, 0.717) is 27.9 Å². The van der Waals surface area contributed by atoms with Gasteiger partial charge in [-0.3, -0.25) is 4.79 Å². The van der Waals surface area contributed by atoms with Crippen molar-refractivity contribution < 1.29 is 4.79 Å². The van der Waals surface area contributed by atoms with Crippen LogP contribution in [0.2, 0.25) is 5.02 Å². The van der Waals surface area contributed by atoms with Crippen molar-refractivity contribution in [2.24, 2.45) is 11.7 Å². The quantitative estimate of drug-likeness (QED) is 0.720. The molecule has 1 aromatic rings. The molecule has 0 aliphatic heterocycles. The highest BCUT2D eigenvalue weighted by atomic mass is 35.5. The predicted molar refractivity (Wildman–Crippen MR) is 70.2 cm³/mol. The van der Waals surface area contributed by atoms with Crippen molar-refractivity contribution in [2.45, 2.75) is 25.8 Å². The molecule has 1 fully saturated rings. The maximum atomic E-state index is 11.4. The van der Waals surface area contributed by atoms with Crippen LogP contribution in [-0.2, 0) is 0 Å². The molecule has 5 N–H and O–H groups in total. The Kier molecular flexibility index (Phi) is 3.15. The Morgan fingerprint density at radius 2 is 2.18 bits per heavy atom. The molecule has 92 valence electrons. The van der Waals surface area contributed by atoms with E-state index < -0.39 is 5.91 Å². The minimum atomic E-state index is -0.523. The summed E-state index contributed by atoms with van der Waals surface area (Å²) in [6.07, 6.45) is 2.43. The number of primary amides is 1. The average molecular weight is 254 g/mol. The number of rotatable bonds is 4. The first kappa shape index (κ1) is 12.0. The highest BCUT2D eigenvalue weighted by molar-refractivity contribution is 6.34. The highest BCUT2D eigenvalue weighted by Gasteiger charge is 2.29. The number of anilines is 2. The molecule has 0 bridgehead atoms. The summed E-state index contributed by atoms with van der Waals surface area (Å²) in [7, 11) is 0. The van der Waals surface area contributed by atoms with Gasteiger partial charge in [-0.2, -0.15) is 0 Å². The lowest BCUT2D eigenvalue weighted by Gasteiger charge is -2.18. The Bertz CT molecular complexity index is 457. The number of halogens is 1. The Balaban J connectivity index is 2.32. The van der Waals surface area contributed by atoms with Gasteiger partial charge in [-0.05, 0) is 37.8 Å². The smallest absolute Gasteiger partial charge is 0.250 e. The molecule has 2 rings (SSSR count). The molecular weight excluding hydrogens is 238 g/mol. The summed E-state index contributed by atoms with van der Waals surface area (Å²) < 4.78 is 0. The van der Waals surface area contributed by atoms with Crippen LogP contribution in [0.3, 0.4) is 0 Å². The van der Waals surface area contributed by atoms with Crippen molar-refractivity contribution in [1.29, 1.82) is 0 Å². The molecule has 1 aliphatic rings. The molecule has 0 heterocycles. The van der Waals surface area contributed by atoms with Crippen molar-refractivity contribution >= 4 is 28.9 Å². The highest BCUT2D eigenvalue weighted by Crippen LogP contribution is 2.36. The molecule has 4 nitrogen and oxygen atoms in total. The van der Waals surface area contributed by atoms with E-state index >= 15 is 0 Å². The van der Waals surface area contributed by atoms with E-state index in [9.17, 15) is 4.79 Å². The zero-order chi connectivity index (χ0) is 12.6. The van der Waals surface area contributed by atoms with Gasteiger partial charge < -0.3 is 16.8 Å². The molecule has 5 heteroatoms. The van der Waals surface area contributed by atoms with Gasteiger partial charge in [0.05, 0.1) is 16.3 Å². The van der Waals surface area contributed by atoms with Gasteiger partial charge in [0.1, 0.15) is 0 Å². The molecule has 1 unspecified atom stereocenters. The molecule has 1 aliphatic carbocycles. The van der Waals surface area contributed by atoms with Gasteiger partial charge in [-0.1, -0.05) is 11.6 Å². The van der Waals surface area contributed by atoms with Gasteiger partial charge >= 0.3 is 0 Å². The third-order valence-corrected chi connectivity index (χ3v) is 3.38. The third kappa shape index (κ3) is 2.64. The second-order valence-electron chi connectivity index (χ2n) is 4.56. The SMILES string of the molecule is CC(Nc1c(Cl)cc(N)cc1C(N)=O)C1CC1. The molecular formula is C12H16ClN3O. The van der Waals surface area contributed by atoms with Crippen LogP contribution in [-0.4, -0.2) is 11.9 Å². The minimum absolute atomic E-state index is 0.286. The first-order valence-corrected chi connectivity index (χ1v) is 6.02. The monoisotopic (exact) mass is 253 g/mol. The summed E-state index contributed by atoms with van der Waals surface area (Å²) in [5.74, 6) is 0.133. The second kappa shape index (κ2) is 4.45. The van der Waals surface area contributed by atoms with E-state index in [4.69, 9.17) is 23.1 Å². The summed E-state index contributed by atoms with van der Waals surface area (Å²) in [6.45, 7) is 2.08. The van der Waals surface area contributed by atoms with E-state index in [1.54, 1.807) is 12.1 Å². The summed E-state index contributed by atoms with van der Waals surface area (Å²) in [5, 5.41) is 3.70. The van der Waals surface area contributed by atoms with Gasteiger partial charge in [-0.15, -0.1) is 0 Å². The first-order valence-electron chi connectivity index (χ1n) is 5.64. The lowest BCUT2D eigenvalue weighted by Crippen LogP contribution is -2.22. The molecule has 0 spiro atoms. The van der Waals surface area contributed by atoms with Gasteiger partial charge in [0.15, 0.2) is 0 Å². The van der Waals surface area contributed by atoms with Gasteiger partial charge in [-0.25, -0.2) is 0 Å². The average Bonchev–Trinajstić information content (AvgIpc) is 3.04. The summed E-state index contributed by atoms with van der Waals surface area (Å²) in [5.41, 5.74) is 12.4. The molecule has 0 saturated heterocycles. The van der Waals surface area contributed by atoms with Crippen LogP contribution < -0.4 is 16.8 Å². The standard InChI is InChI=1S/C12H16ClN3O/c1-6(7-2-3-7)16-11-9(12(15)17)4-8(14)5-10(11)13/h4-7,16H,2-3,14H2,1H3,(H2,15,17). The maximum absolute atomic E-state index is 11.4. The Morgan fingerprint density at radius 3 is 2.71 bits per heavy atom. The van der Waals surface area contributed by atoms with Crippen LogP contribution in [0, 0.1) is 5.92 Å². The van der Waals surface area contributed by atoms with E-state index in [-0.39, 0.29) is 6.04 Å². The van der Waals surface area contributed by atoms with Crippen LogP contribution in [0.1, 0.15) is 30.1 Å². The Hall–Kier alpha value is -1.42. The van der Waals surface area contributed by atoms with Crippen LogP contribution in [0.15, 0.2) is 12.1 Å². The van der Waals surface area contributed by atoms with Crippen LogP contribution in [0.25, 0.3) is 0 Å². The van der Waals surface area contributed by atoms with Crippen molar-refractivity contribution in [3.8, 4) is 0 Å². The molecule has 0 aromatic heterocycles. The molecule has 1 saturated carbocycles. The number of nitrogens with two attached hydrogens (primary N) is 2. The second-order valence-corrected chi connectivity index (χ2v) is 4.97. The van der Waals surface area contributed by atoms with Crippen LogP contribution >= 0.6 is 11.6 Å². The fourth-order valence-electron chi connectivity index (χ4n) is 1.91. The number of benzene rings is 1. The number of hydrogen-bond acceptors (Lipinski definition) is 3. The predicted octanol–water partition coefficient (Wildman–Crippen LogP) is 2.23. The largest absolute Gasteiger partial charge is 0.399 e. The molecule has 17 heavy (non-hydrogen) atoms. The van der Waals surface area contributed by atoms with Gasteiger partial charge in [0.25, 0.3) is 5.91 Å². The Morgan fingerprint density at radius 1 is 1.53 bits per heavy atom. The topological polar surface area (TPSA) is 81.1 Å². The number of carbonyl (C=O) groups excluding carboxylic acids is 1. The lowest BCUT2D eigenvalue weighted by molar-refractivity contribution is 0.100. The number of amides is 1. The van der Waals surface area contributed by atoms with Crippen molar-refractivity contribution in [3.05, 3.63) is 22.7 Å².